The third-order valence-corrected chi connectivity index (χ3v) is 2.37. The zero-order valence-corrected chi connectivity index (χ0v) is 9.99. The number of pyridine rings is 1. The maximum atomic E-state index is 11.6. The SMILES string of the molecule is CC(C)CCNC(=O)c1ccn(C)c(=O)c1. The summed E-state index contributed by atoms with van der Waals surface area (Å²) in [4.78, 5) is 22.9. The van der Waals surface area contributed by atoms with E-state index in [1.807, 2.05) is 0 Å². The predicted molar refractivity (Wildman–Crippen MR) is 63.5 cm³/mol. The lowest BCUT2D eigenvalue weighted by molar-refractivity contribution is 0.0951. The van der Waals surface area contributed by atoms with Gasteiger partial charge in [-0.3, -0.25) is 9.59 Å². The van der Waals surface area contributed by atoms with Crippen molar-refractivity contribution in [1.29, 1.82) is 0 Å². The van der Waals surface area contributed by atoms with Gasteiger partial charge in [0.05, 0.1) is 0 Å². The van der Waals surface area contributed by atoms with E-state index in [2.05, 4.69) is 19.2 Å². The minimum Gasteiger partial charge on any atom is -0.352 e. The van der Waals surface area contributed by atoms with Gasteiger partial charge in [-0.05, 0) is 18.4 Å². The van der Waals surface area contributed by atoms with Crippen LogP contribution in [0.2, 0.25) is 0 Å². The summed E-state index contributed by atoms with van der Waals surface area (Å²) in [6.07, 6.45) is 2.54. The van der Waals surface area contributed by atoms with E-state index in [0.717, 1.165) is 6.42 Å². The molecule has 1 N–H and O–H groups in total. The number of rotatable bonds is 4. The van der Waals surface area contributed by atoms with Gasteiger partial charge in [0.2, 0.25) is 0 Å². The number of hydrogen-bond acceptors (Lipinski definition) is 2. The van der Waals surface area contributed by atoms with Crippen molar-refractivity contribution in [3.63, 3.8) is 0 Å². The molecule has 0 spiro atoms. The van der Waals surface area contributed by atoms with E-state index < -0.39 is 0 Å². The molecule has 0 atom stereocenters. The van der Waals surface area contributed by atoms with E-state index in [-0.39, 0.29) is 11.5 Å². The molecule has 4 nitrogen and oxygen atoms in total. The summed E-state index contributed by atoms with van der Waals surface area (Å²) in [5.74, 6) is 0.377. The van der Waals surface area contributed by atoms with E-state index in [1.165, 1.54) is 10.6 Å². The largest absolute Gasteiger partial charge is 0.352 e. The standard InChI is InChI=1S/C12H18N2O2/c1-9(2)4-6-13-12(16)10-5-7-14(3)11(15)8-10/h5,7-9H,4,6H2,1-3H3,(H,13,16). The molecule has 0 aliphatic rings. The lowest BCUT2D eigenvalue weighted by Gasteiger charge is -2.07. The van der Waals surface area contributed by atoms with Crippen LogP contribution in [0.15, 0.2) is 23.1 Å². The zero-order chi connectivity index (χ0) is 12.1. The third-order valence-electron chi connectivity index (χ3n) is 2.37. The van der Waals surface area contributed by atoms with Crippen LogP contribution in [0.3, 0.4) is 0 Å². The monoisotopic (exact) mass is 222 g/mol. The van der Waals surface area contributed by atoms with E-state index >= 15 is 0 Å². The average Bonchev–Trinajstić information content (AvgIpc) is 2.21. The van der Waals surface area contributed by atoms with Crippen LogP contribution in [0.4, 0.5) is 0 Å². The Labute approximate surface area is 95.3 Å². The molecule has 0 fully saturated rings. The Morgan fingerprint density at radius 3 is 2.75 bits per heavy atom. The minimum absolute atomic E-state index is 0.170. The van der Waals surface area contributed by atoms with Crippen LogP contribution in [0.25, 0.3) is 0 Å². The molecule has 1 amide bonds. The van der Waals surface area contributed by atoms with E-state index in [4.69, 9.17) is 0 Å². The highest BCUT2D eigenvalue weighted by Crippen LogP contribution is 1.98. The Morgan fingerprint density at radius 1 is 1.50 bits per heavy atom. The molecule has 0 aromatic carbocycles. The third kappa shape index (κ3) is 3.53. The number of aryl methyl sites for hydroxylation is 1. The quantitative estimate of drug-likeness (QED) is 0.831. The molecule has 0 aliphatic carbocycles. The van der Waals surface area contributed by atoms with Crippen LogP contribution in [0.1, 0.15) is 30.6 Å². The summed E-state index contributed by atoms with van der Waals surface area (Å²) in [6.45, 7) is 4.85. The Kier molecular flexibility index (Phi) is 4.28. The highest BCUT2D eigenvalue weighted by atomic mass is 16.2. The molecule has 16 heavy (non-hydrogen) atoms. The molecule has 0 saturated carbocycles. The number of nitrogens with zero attached hydrogens (tertiary/aromatic N) is 1. The summed E-state index contributed by atoms with van der Waals surface area (Å²) in [7, 11) is 1.66. The lowest BCUT2D eigenvalue weighted by atomic mass is 10.1. The number of amides is 1. The van der Waals surface area contributed by atoms with Gasteiger partial charge in [-0.25, -0.2) is 0 Å². The predicted octanol–water partition coefficient (Wildman–Crippen LogP) is 1.16. The molecule has 1 heterocycles. The van der Waals surface area contributed by atoms with Crippen LogP contribution in [0, 0.1) is 5.92 Å². The fourth-order valence-corrected chi connectivity index (χ4v) is 1.27. The second kappa shape index (κ2) is 5.49. The molecular weight excluding hydrogens is 204 g/mol. The van der Waals surface area contributed by atoms with Crippen LogP contribution < -0.4 is 10.9 Å². The molecule has 4 heteroatoms. The van der Waals surface area contributed by atoms with Crippen molar-refractivity contribution >= 4 is 5.91 Å². The van der Waals surface area contributed by atoms with Gasteiger partial charge in [0.25, 0.3) is 11.5 Å². The van der Waals surface area contributed by atoms with Gasteiger partial charge in [0.1, 0.15) is 0 Å². The highest BCUT2D eigenvalue weighted by Gasteiger charge is 2.06. The van der Waals surface area contributed by atoms with Crippen molar-refractivity contribution < 1.29 is 4.79 Å². The molecule has 88 valence electrons. The average molecular weight is 222 g/mol. The second-order valence-corrected chi connectivity index (χ2v) is 4.30. The zero-order valence-electron chi connectivity index (χ0n) is 9.99. The maximum absolute atomic E-state index is 11.6. The van der Waals surface area contributed by atoms with Crippen LogP contribution in [0.5, 0.6) is 0 Å². The first kappa shape index (κ1) is 12.5. The number of aromatic nitrogens is 1. The molecule has 0 saturated heterocycles. The first-order valence-corrected chi connectivity index (χ1v) is 5.45. The van der Waals surface area contributed by atoms with Crippen molar-refractivity contribution in [2.75, 3.05) is 6.54 Å². The van der Waals surface area contributed by atoms with Crippen molar-refractivity contribution in [1.82, 2.24) is 9.88 Å². The van der Waals surface area contributed by atoms with Crippen LogP contribution >= 0.6 is 0 Å². The van der Waals surface area contributed by atoms with Crippen molar-refractivity contribution in [3.05, 3.63) is 34.2 Å². The fourth-order valence-electron chi connectivity index (χ4n) is 1.27. The minimum atomic E-state index is -0.182. The number of carbonyl (C=O) groups is 1. The van der Waals surface area contributed by atoms with Gasteiger partial charge in [-0.15, -0.1) is 0 Å². The molecule has 1 aromatic rings. The summed E-state index contributed by atoms with van der Waals surface area (Å²) >= 11 is 0. The normalized spacial score (nSPS) is 10.5. The topological polar surface area (TPSA) is 51.1 Å². The van der Waals surface area contributed by atoms with Crippen LogP contribution in [-0.2, 0) is 7.05 Å². The molecular formula is C12H18N2O2. The summed E-state index contributed by atoms with van der Waals surface area (Å²) in [6, 6.07) is 3.00. The van der Waals surface area contributed by atoms with Crippen molar-refractivity contribution in [3.8, 4) is 0 Å². The number of hydrogen-bond donors (Lipinski definition) is 1. The van der Waals surface area contributed by atoms with Gasteiger partial charge in [0.15, 0.2) is 0 Å². The smallest absolute Gasteiger partial charge is 0.251 e. The fraction of sp³-hybridized carbons (Fsp3) is 0.500. The van der Waals surface area contributed by atoms with Gasteiger partial charge in [-0.2, -0.15) is 0 Å². The van der Waals surface area contributed by atoms with Gasteiger partial charge >= 0.3 is 0 Å². The first-order valence-electron chi connectivity index (χ1n) is 5.45. The number of nitrogens with one attached hydrogen (secondary N) is 1. The molecule has 0 bridgehead atoms. The summed E-state index contributed by atoms with van der Waals surface area (Å²) < 4.78 is 1.44. The molecule has 1 rings (SSSR count). The van der Waals surface area contributed by atoms with Gasteiger partial charge in [-0.1, -0.05) is 13.8 Å². The Balaban J connectivity index is 2.60. The van der Waals surface area contributed by atoms with E-state index in [0.29, 0.717) is 18.0 Å². The Bertz CT molecular complexity index is 421. The number of carbonyl (C=O) groups excluding carboxylic acids is 1. The maximum Gasteiger partial charge on any atom is 0.251 e. The molecule has 0 aliphatic heterocycles. The van der Waals surface area contributed by atoms with E-state index in [9.17, 15) is 9.59 Å². The first-order chi connectivity index (χ1) is 7.50. The van der Waals surface area contributed by atoms with Crippen LogP contribution in [-0.4, -0.2) is 17.0 Å². The van der Waals surface area contributed by atoms with Gasteiger partial charge in [0, 0.05) is 31.4 Å². The Morgan fingerprint density at radius 2 is 2.19 bits per heavy atom. The molecule has 1 aromatic heterocycles. The molecule has 0 unspecified atom stereocenters. The highest BCUT2D eigenvalue weighted by molar-refractivity contribution is 5.93. The van der Waals surface area contributed by atoms with E-state index in [1.54, 1.807) is 19.3 Å². The van der Waals surface area contributed by atoms with Gasteiger partial charge < -0.3 is 9.88 Å². The van der Waals surface area contributed by atoms with Crippen molar-refractivity contribution in [2.24, 2.45) is 13.0 Å². The van der Waals surface area contributed by atoms with Crippen molar-refractivity contribution in [2.45, 2.75) is 20.3 Å². The summed E-state index contributed by atoms with van der Waals surface area (Å²) in [5, 5.41) is 2.79. The Hall–Kier alpha value is -1.58. The molecule has 0 radical (unpaired) electrons. The second-order valence-electron chi connectivity index (χ2n) is 4.30. The lowest BCUT2D eigenvalue weighted by Crippen LogP contribution is -2.27. The summed E-state index contributed by atoms with van der Waals surface area (Å²) in [5.41, 5.74) is 0.253.